The van der Waals surface area contributed by atoms with Crippen LogP contribution in [0.4, 0.5) is 36.0 Å². The summed E-state index contributed by atoms with van der Waals surface area (Å²) >= 11 is 0. The zero-order valence-electron chi connectivity index (χ0n) is 27.1. The van der Waals surface area contributed by atoms with Gasteiger partial charge in [0, 0.05) is 28.9 Å². The van der Waals surface area contributed by atoms with E-state index in [-0.39, 0.29) is 46.2 Å². The van der Waals surface area contributed by atoms with Crippen LogP contribution in [0.25, 0.3) is 21.9 Å². The molecular weight excluding hydrogens is 609 g/mol. The number of para-hydroxylation sites is 1. The molecule has 5 rings (SSSR count). The highest BCUT2D eigenvalue weighted by Crippen LogP contribution is 2.45. The van der Waals surface area contributed by atoms with Crippen molar-refractivity contribution in [2.45, 2.75) is 60.1 Å². The van der Waals surface area contributed by atoms with E-state index in [0.29, 0.717) is 16.7 Å². The molecule has 1 aliphatic rings. The molecule has 0 aliphatic carbocycles. The van der Waals surface area contributed by atoms with Crippen LogP contribution < -0.4 is 25.0 Å². The number of hydrogen-bond donors (Lipinski definition) is 3. The number of aromatic nitrogens is 2. The summed E-state index contributed by atoms with van der Waals surface area (Å²) in [7, 11) is 0. The minimum absolute atomic E-state index is 0.00333. The smallest absolute Gasteiger partial charge is 0.418 e. The maximum absolute atomic E-state index is 16.6. The maximum atomic E-state index is 16.6. The second-order valence-electron chi connectivity index (χ2n) is 13.2. The summed E-state index contributed by atoms with van der Waals surface area (Å²) in [6.45, 7) is 12.5. The van der Waals surface area contributed by atoms with Gasteiger partial charge in [-0.25, -0.2) is 28.7 Å². The van der Waals surface area contributed by atoms with E-state index in [1.54, 1.807) is 58.0 Å². The van der Waals surface area contributed by atoms with Crippen molar-refractivity contribution in [3.63, 3.8) is 0 Å². The molecule has 0 bridgehead atoms. The van der Waals surface area contributed by atoms with E-state index in [9.17, 15) is 19.5 Å². The van der Waals surface area contributed by atoms with Gasteiger partial charge in [0.1, 0.15) is 29.5 Å². The molecule has 12 nitrogen and oxygen atoms in total. The van der Waals surface area contributed by atoms with Gasteiger partial charge in [0.25, 0.3) is 0 Å². The lowest BCUT2D eigenvalue weighted by Crippen LogP contribution is -2.53. The van der Waals surface area contributed by atoms with Crippen molar-refractivity contribution in [1.29, 1.82) is 0 Å². The summed E-state index contributed by atoms with van der Waals surface area (Å²) in [5, 5.41) is 16.0. The fraction of sp³-hybridized carbons (Fsp3) is 0.324. The molecule has 0 saturated carbocycles. The largest absolute Gasteiger partial charge is 0.474 e. The zero-order chi connectivity index (χ0) is 34.3. The highest BCUT2D eigenvalue weighted by Gasteiger charge is 2.41. The number of rotatable bonds is 4. The van der Waals surface area contributed by atoms with Crippen LogP contribution in [0, 0.1) is 18.2 Å². The predicted octanol–water partition coefficient (Wildman–Crippen LogP) is 7.99. The summed E-state index contributed by atoms with van der Waals surface area (Å²) in [6.07, 6.45) is -0.201. The highest BCUT2D eigenvalue weighted by molar-refractivity contribution is 6.05. The quantitative estimate of drug-likeness (QED) is 0.200. The van der Waals surface area contributed by atoms with E-state index in [2.05, 4.69) is 20.6 Å². The lowest BCUT2D eigenvalue weighted by Gasteiger charge is -2.42. The topological polar surface area (TPSA) is 152 Å². The molecule has 2 aromatic heterocycles. The van der Waals surface area contributed by atoms with Crippen LogP contribution in [0.15, 0.2) is 54.9 Å². The first-order valence-electron chi connectivity index (χ1n) is 14.8. The van der Waals surface area contributed by atoms with Crippen LogP contribution in [0.2, 0.25) is 0 Å². The molecule has 0 radical (unpaired) electrons. The van der Waals surface area contributed by atoms with Crippen LogP contribution >= 0.6 is 0 Å². The van der Waals surface area contributed by atoms with Gasteiger partial charge in [0.15, 0.2) is 5.82 Å². The second-order valence-corrected chi connectivity index (χ2v) is 13.2. The average Bonchev–Trinajstić information content (AvgIpc) is 2.97. The van der Waals surface area contributed by atoms with Crippen LogP contribution in [0.1, 0.15) is 47.1 Å². The molecule has 1 aliphatic heterocycles. The first kappa shape index (κ1) is 32.9. The minimum atomic E-state index is -1.20. The van der Waals surface area contributed by atoms with E-state index < -0.39 is 41.2 Å². The van der Waals surface area contributed by atoms with Gasteiger partial charge in [-0.05, 0) is 68.3 Å². The molecule has 0 fully saturated rings. The Kier molecular flexibility index (Phi) is 8.67. The van der Waals surface area contributed by atoms with Crippen LogP contribution in [0.3, 0.4) is 0 Å². The van der Waals surface area contributed by atoms with Gasteiger partial charge in [-0.15, -0.1) is 0 Å². The molecule has 2 aromatic carbocycles. The number of ether oxygens (including phenoxy) is 3. The van der Waals surface area contributed by atoms with Crippen molar-refractivity contribution in [3.05, 3.63) is 66.2 Å². The Bertz CT molecular complexity index is 1870. The molecular formula is C34H36FN5O7. The highest BCUT2D eigenvalue weighted by atomic mass is 19.1. The van der Waals surface area contributed by atoms with Crippen LogP contribution in [-0.4, -0.2) is 51.6 Å². The molecule has 0 saturated heterocycles. The number of benzene rings is 2. The van der Waals surface area contributed by atoms with Gasteiger partial charge in [-0.1, -0.05) is 39.0 Å². The predicted molar refractivity (Wildman–Crippen MR) is 175 cm³/mol. The summed E-state index contributed by atoms with van der Waals surface area (Å²) < 4.78 is 33.2. The van der Waals surface area contributed by atoms with Crippen molar-refractivity contribution < 1.29 is 38.1 Å². The number of halogens is 1. The summed E-state index contributed by atoms with van der Waals surface area (Å²) in [6, 6.07) is 10.9. The number of carbonyl (C=O) groups is 3. The Morgan fingerprint density at radius 1 is 0.979 bits per heavy atom. The summed E-state index contributed by atoms with van der Waals surface area (Å²) in [5.74, 6) is -0.305. The monoisotopic (exact) mass is 645 g/mol. The van der Waals surface area contributed by atoms with E-state index >= 15 is 4.39 Å². The van der Waals surface area contributed by atoms with Crippen molar-refractivity contribution in [3.8, 4) is 22.8 Å². The normalized spacial score (nSPS) is 14.6. The number of hydrogen-bond acceptors (Lipinski definition) is 8. The van der Waals surface area contributed by atoms with Gasteiger partial charge >= 0.3 is 18.3 Å². The number of carbonyl (C=O) groups excluding carboxylic acids is 2. The van der Waals surface area contributed by atoms with Crippen molar-refractivity contribution in [1.82, 2.24) is 9.97 Å². The maximum Gasteiger partial charge on any atom is 0.418 e. The van der Waals surface area contributed by atoms with Crippen molar-refractivity contribution >= 4 is 46.2 Å². The number of amides is 3. The first-order chi connectivity index (χ1) is 22.0. The molecule has 13 heteroatoms. The lowest BCUT2D eigenvalue weighted by atomic mass is 9.85. The van der Waals surface area contributed by atoms with Gasteiger partial charge in [-0.2, -0.15) is 0 Å². The van der Waals surface area contributed by atoms with Gasteiger partial charge < -0.3 is 19.3 Å². The Morgan fingerprint density at radius 2 is 1.68 bits per heavy atom. The van der Waals surface area contributed by atoms with E-state index in [0.717, 1.165) is 0 Å². The Hall–Kier alpha value is -5.46. The van der Waals surface area contributed by atoms with Gasteiger partial charge in [-0.3, -0.25) is 15.5 Å². The fourth-order valence-electron chi connectivity index (χ4n) is 5.27. The minimum Gasteiger partial charge on any atom is -0.474 e. The molecule has 47 heavy (non-hydrogen) atoms. The molecule has 3 heterocycles. The van der Waals surface area contributed by atoms with Crippen LogP contribution in [0.5, 0.6) is 11.6 Å². The summed E-state index contributed by atoms with van der Waals surface area (Å²) in [4.78, 5) is 47.9. The van der Waals surface area contributed by atoms with Gasteiger partial charge in [0.2, 0.25) is 5.88 Å². The number of carboxylic acid groups (broad SMARTS) is 1. The molecule has 0 spiro atoms. The SMILES string of the molecule is Cc1c(-c2cc3cc(NC(=O)Oc4ccccc4)ncc3c(NC(=O)OC(C)(C)C)c2F)cnc2c1N(C(=O)O)C(C(C)(C)C)CO2. The Balaban J connectivity index is 1.64. The first-order valence-corrected chi connectivity index (χ1v) is 14.8. The van der Waals surface area contributed by atoms with E-state index in [1.165, 1.54) is 29.4 Å². The molecule has 1 atom stereocenters. The Labute approximate surface area is 270 Å². The number of anilines is 3. The average molecular weight is 646 g/mol. The van der Waals surface area contributed by atoms with E-state index in [4.69, 9.17) is 14.2 Å². The third-order valence-electron chi connectivity index (χ3n) is 7.47. The third-order valence-corrected chi connectivity index (χ3v) is 7.47. The number of nitrogens with zero attached hydrogens (tertiary/aromatic N) is 3. The van der Waals surface area contributed by atoms with E-state index in [1.807, 2.05) is 20.8 Å². The molecule has 1 unspecified atom stereocenters. The number of nitrogens with one attached hydrogen (secondary N) is 2. The molecule has 3 N–H and O–H groups in total. The Morgan fingerprint density at radius 3 is 2.32 bits per heavy atom. The standard InChI is InChI=1S/C34H36FN5O7/c1-18-22(15-37-29-28(18)40(32(43)44)24(17-45-29)33(2,3)4)21-13-19-14-25(38-30(41)46-20-11-9-8-10-12-20)36-16-23(19)27(26(21)35)39-31(42)47-34(5,6)7/h8-16,24H,17H2,1-7H3,(H,39,42)(H,43,44)(H,36,38,41). The van der Waals surface area contributed by atoms with Crippen molar-refractivity contribution in [2.24, 2.45) is 5.41 Å². The third kappa shape index (κ3) is 7.03. The number of pyridine rings is 2. The van der Waals surface area contributed by atoms with Crippen molar-refractivity contribution in [2.75, 3.05) is 22.1 Å². The molecule has 246 valence electrons. The fourth-order valence-corrected chi connectivity index (χ4v) is 5.27. The lowest BCUT2D eigenvalue weighted by molar-refractivity contribution is 0.0635. The number of fused-ring (bicyclic) bond motifs is 2. The summed E-state index contributed by atoms with van der Waals surface area (Å²) in [5.41, 5.74) is -0.734. The second kappa shape index (κ2) is 12.4. The molecule has 3 amide bonds. The zero-order valence-corrected chi connectivity index (χ0v) is 27.1. The molecule has 4 aromatic rings. The van der Waals surface area contributed by atoms with Gasteiger partial charge in [0.05, 0.1) is 11.7 Å². The van der Waals surface area contributed by atoms with Crippen LogP contribution in [-0.2, 0) is 4.74 Å².